The van der Waals surface area contributed by atoms with Crippen LogP contribution in [0.15, 0.2) is 6.07 Å². The second kappa shape index (κ2) is 7.84. The average molecular weight is 389 g/mol. The highest BCUT2D eigenvalue weighted by atomic mass is 32.2. The number of hydrogen-bond acceptors (Lipinski definition) is 5. The van der Waals surface area contributed by atoms with Gasteiger partial charge in [0.2, 0.25) is 10.0 Å². The minimum Gasteiger partial charge on any atom is -0.480 e. The van der Waals surface area contributed by atoms with Crippen molar-refractivity contribution >= 4 is 33.2 Å². The molecule has 1 fully saturated rings. The SMILES string of the molecule is CCc1sc(C(=O)N(CC(=O)O)C2CCN(S(C)(=O)=O)CC2)cc1C. The lowest BCUT2D eigenvalue weighted by Gasteiger charge is -2.36. The molecule has 0 aliphatic carbocycles. The van der Waals surface area contributed by atoms with Crippen LogP contribution < -0.4 is 0 Å². The number of carboxylic acid groups (broad SMARTS) is 1. The third-order valence-electron chi connectivity index (χ3n) is 4.45. The van der Waals surface area contributed by atoms with E-state index in [9.17, 15) is 23.1 Å². The molecule has 1 aliphatic rings. The van der Waals surface area contributed by atoms with Crippen molar-refractivity contribution in [3.8, 4) is 0 Å². The molecular formula is C16H24N2O5S2. The highest BCUT2D eigenvalue weighted by Gasteiger charge is 2.33. The summed E-state index contributed by atoms with van der Waals surface area (Å²) in [5.74, 6) is -1.35. The van der Waals surface area contributed by atoms with Crippen LogP contribution in [0.5, 0.6) is 0 Å². The molecule has 0 unspecified atom stereocenters. The molecule has 1 aromatic heterocycles. The van der Waals surface area contributed by atoms with Crippen LogP contribution in [0.3, 0.4) is 0 Å². The lowest BCUT2D eigenvalue weighted by atomic mass is 10.0. The van der Waals surface area contributed by atoms with Gasteiger partial charge in [0, 0.05) is 24.0 Å². The van der Waals surface area contributed by atoms with Gasteiger partial charge in [-0.05, 0) is 37.8 Å². The predicted molar refractivity (Wildman–Crippen MR) is 96.5 cm³/mol. The fourth-order valence-electron chi connectivity index (χ4n) is 3.12. The number of aliphatic carboxylic acids is 1. The van der Waals surface area contributed by atoms with Crippen LogP contribution in [0.2, 0.25) is 0 Å². The summed E-state index contributed by atoms with van der Waals surface area (Å²) in [7, 11) is -3.26. The Hall–Kier alpha value is -1.45. The van der Waals surface area contributed by atoms with E-state index in [1.807, 2.05) is 19.9 Å². The number of carbonyl (C=O) groups excluding carboxylic acids is 1. The van der Waals surface area contributed by atoms with Crippen molar-refractivity contribution in [2.75, 3.05) is 25.9 Å². The van der Waals surface area contributed by atoms with E-state index in [0.29, 0.717) is 30.8 Å². The van der Waals surface area contributed by atoms with Gasteiger partial charge < -0.3 is 10.0 Å². The molecule has 0 spiro atoms. The highest BCUT2D eigenvalue weighted by molar-refractivity contribution is 7.88. The molecule has 25 heavy (non-hydrogen) atoms. The molecule has 1 N–H and O–H groups in total. The van der Waals surface area contributed by atoms with E-state index in [1.165, 1.54) is 20.5 Å². The van der Waals surface area contributed by atoms with Gasteiger partial charge in [0.15, 0.2) is 0 Å². The molecule has 2 heterocycles. The van der Waals surface area contributed by atoms with E-state index < -0.39 is 16.0 Å². The van der Waals surface area contributed by atoms with E-state index in [0.717, 1.165) is 23.1 Å². The zero-order valence-corrected chi connectivity index (χ0v) is 16.3. The predicted octanol–water partition coefficient (Wildman–Crippen LogP) is 1.57. The Morgan fingerprint density at radius 1 is 1.36 bits per heavy atom. The molecule has 0 bridgehead atoms. The van der Waals surface area contributed by atoms with Gasteiger partial charge >= 0.3 is 5.97 Å². The van der Waals surface area contributed by atoms with Crippen molar-refractivity contribution in [1.29, 1.82) is 0 Å². The molecule has 0 atom stereocenters. The van der Waals surface area contributed by atoms with E-state index in [2.05, 4.69) is 0 Å². The van der Waals surface area contributed by atoms with E-state index >= 15 is 0 Å². The number of thiophene rings is 1. The maximum Gasteiger partial charge on any atom is 0.323 e. The van der Waals surface area contributed by atoms with Gasteiger partial charge in [-0.3, -0.25) is 9.59 Å². The number of nitrogens with zero attached hydrogens (tertiary/aromatic N) is 2. The molecule has 1 amide bonds. The van der Waals surface area contributed by atoms with Crippen molar-refractivity contribution in [3.05, 3.63) is 21.4 Å². The van der Waals surface area contributed by atoms with Crippen LogP contribution in [0.4, 0.5) is 0 Å². The maximum atomic E-state index is 12.9. The summed E-state index contributed by atoms with van der Waals surface area (Å²) in [5, 5.41) is 9.20. The number of rotatable bonds is 6. The summed E-state index contributed by atoms with van der Waals surface area (Å²) in [5.41, 5.74) is 1.04. The van der Waals surface area contributed by atoms with Crippen LogP contribution in [0.1, 0.15) is 39.9 Å². The smallest absolute Gasteiger partial charge is 0.323 e. The number of sulfonamides is 1. The maximum absolute atomic E-state index is 12.9. The number of hydrogen-bond donors (Lipinski definition) is 1. The molecule has 1 saturated heterocycles. The number of carboxylic acids is 1. The van der Waals surface area contributed by atoms with Crippen LogP contribution in [0, 0.1) is 6.92 Å². The number of amides is 1. The van der Waals surface area contributed by atoms with E-state index in [-0.39, 0.29) is 18.5 Å². The molecule has 7 nitrogen and oxygen atoms in total. The molecule has 0 aromatic carbocycles. The molecule has 1 aliphatic heterocycles. The zero-order chi connectivity index (χ0) is 18.8. The fraction of sp³-hybridized carbons (Fsp3) is 0.625. The monoisotopic (exact) mass is 388 g/mol. The van der Waals surface area contributed by atoms with Gasteiger partial charge in [0.1, 0.15) is 6.54 Å². The first-order valence-electron chi connectivity index (χ1n) is 8.20. The number of aryl methyl sites for hydroxylation is 2. The summed E-state index contributed by atoms with van der Waals surface area (Å²) >= 11 is 1.40. The van der Waals surface area contributed by atoms with Gasteiger partial charge in [-0.2, -0.15) is 0 Å². The van der Waals surface area contributed by atoms with Gasteiger partial charge in [0.05, 0.1) is 11.1 Å². The minimum atomic E-state index is -3.26. The first-order chi connectivity index (χ1) is 11.6. The third-order valence-corrected chi connectivity index (χ3v) is 7.12. The third kappa shape index (κ3) is 4.80. The van der Waals surface area contributed by atoms with Crippen LogP contribution in [0.25, 0.3) is 0 Å². The Bertz CT molecular complexity index is 749. The largest absolute Gasteiger partial charge is 0.480 e. The Labute approximate surface area is 152 Å². The average Bonchev–Trinajstić information content (AvgIpc) is 2.92. The molecular weight excluding hydrogens is 364 g/mol. The van der Waals surface area contributed by atoms with E-state index in [1.54, 1.807) is 0 Å². The summed E-state index contributed by atoms with van der Waals surface area (Å²) < 4.78 is 24.6. The van der Waals surface area contributed by atoms with Crippen molar-refractivity contribution in [3.63, 3.8) is 0 Å². The van der Waals surface area contributed by atoms with Crippen molar-refractivity contribution < 1.29 is 23.1 Å². The number of piperidine rings is 1. The molecule has 140 valence electrons. The highest BCUT2D eigenvalue weighted by Crippen LogP contribution is 2.26. The molecule has 1 aromatic rings. The van der Waals surface area contributed by atoms with E-state index in [4.69, 9.17) is 0 Å². The van der Waals surface area contributed by atoms with Crippen molar-refractivity contribution in [2.24, 2.45) is 0 Å². The topological polar surface area (TPSA) is 95.0 Å². The number of carbonyl (C=O) groups is 2. The minimum absolute atomic E-state index is 0.269. The lowest BCUT2D eigenvalue weighted by molar-refractivity contribution is -0.138. The van der Waals surface area contributed by atoms with Gasteiger partial charge in [-0.1, -0.05) is 6.92 Å². The summed E-state index contributed by atoms with van der Waals surface area (Å²) in [6, 6.07) is 1.54. The molecule has 0 saturated carbocycles. The van der Waals surface area contributed by atoms with Crippen molar-refractivity contribution in [2.45, 2.75) is 39.2 Å². The molecule has 2 rings (SSSR count). The summed E-state index contributed by atoms with van der Waals surface area (Å²) in [6.45, 7) is 4.19. The van der Waals surface area contributed by atoms with Crippen LogP contribution >= 0.6 is 11.3 Å². The fourth-order valence-corrected chi connectivity index (χ4v) is 5.06. The first-order valence-corrected chi connectivity index (χ1v) is 10.9. The summed E-state index contributed by atoms with van der Waals surface area (Å²) in [4.78, 5) is 27.2. The molecule has 9 heteroatoms. The first kappa shape index (κ1) is 19.9. The second-order valence-corrected chi connectivity index (χ2v) is 9.41. The molecule has 0 radical (unpaired) electrons. The Balaban J connectivity index is 2.18. The Morgan fingerprint density at radius 3 is 2.40 bits per heavy atom. The zero-order valence-electron chi connectivity index (χ0n) is 14.7. The van der Waals surface area contributed by atoms with Gasteiger partial charge in [0.25, 0.3) is 5.91 Å². The normalized spacial score (nSPS) is 16.8. The summed E-state index contributed by atoms with van der Waals surface area (Å²) in [6.07, 6.45) is 2.87. The Kier molecular flexibility index (Phi) is 6.23. The lowest BCUT2D eigenvalue weighted by Crippen LogP contribution is -2.50. The Morgan fingerprint density at radius 2 is 1.96 bits per heavy atom. The van der Waals surface area contributed by atoms with Crippen LogP contribution in [-0.2, 0) is 21.2 Å². The standard InChI is InChI=1S/C16H24N2O5S2/c1-4-13-11(2)9-14(24-13)16(21)18(10-15(19)20)12-5-7-17(8-6-12)25(3,22)23/h9,12H,4-8,10H2,1-3H3,(H,19,20). The second-order valence-electron chi connectivity index (χ2n) is 6.29. The van der Waals surface area contributed by atoms with Gasteiger partial charge in [-0.25, -0.2) is 12.7 Å². The quantitative estimate of drug-likeness (QED) is 0.798. The van der Waals surface area contributed by atoms with Crippen molar-refractivity contribution in [1.82, 2.24) is 9.21 Å². The van der Waals surface area contributed by atoms with Gasteiger partial charge in [-0.15, -0.1) is 11.3 Å². The van der Waals surface area contributed by atoms with Crippen LogP contribution in [-0.4, -0.2) is 66.5 Å².